The van der Waals surface area contributed by atoms with E-state index in [0.29, 0.717) is 5.57 Å². The molecule has 0 radical (unpaired) electrons. The zero-order valence-electron chi connectivity index (χ0n) is 6.17. The molecule has 60 valence electrons. The Morgan fingerprint density at radius 1 is 1.82 bits per heavy atom. The average Bonchev–Trinajstić information content (AvgIpc) is 1.94. The molecule has 0 saturated carbocycles. The highest BCUT2D eigenvalue weighted by Crippen LogP contribution is 2.24. The average molecular weight is 156 g/mol. The summed E-state index contributed by atoms with van der Waals surface area (Å²) < 4.78 is 12.8. The Morgan fingerprint density at radius 2 is 2.45 bits per heavy atom. The molecule has 1 unspecified atom stereocenters. The molecule has 0 spiro atoms. The van der Waals surface area contributed by atoms with Crippen molar-refractivity contribution in [2.75, 3.05) is 0 Å². The largest absolute Gasteiger partial charge is 0.481 e. The van der Waals surface area contributed by atoms with Crippen LogP contribution in [0.4, 0.5) is 4.39 Å². The summed E-state index contributed by atoms with van der Waals surface area (Å²) in [6.45, 7) is 1.63. The van der Waals surface area contributed by atoms with Gasteiger partial charge in [0.15, 0.2) is 0 Å². The van der Waals surface area contributed by atoms with Gasteiger partial charge in [-0.25, -0.2) is 4.39 Å². The quantitative estimate of drug-likeness (QED) is 0.629. The van der Waals surface area contributed by atoms with Gasteiger partial charge < -0.3 is 5.11 Å². The van der Waals surface area contributed by atoms with Crippen LogP contribution < -0.4 is 0 Å². The van der Waals surface area contributed by atoms with Crippen LogP contribution in [0.3, 0.4) is 0 Å². The molecule has 0 bridgehead atoms. The van der Waals surface area contributed by atoms with Crippen molar-refractivity contribution in [3.05, 3.63) is 23.6 Å². The van der Waals surface area contributed by atoms with Gasteiger partial charge in [0.1, 0.15) is 5.83 Å². The Kier molecular flexibility index (Phi) is 2.08. The standard InChI is InChI=1S/C8H9FO2/c1-5-2-3-6(8(10)11)4-7(5)9/h2-3,6H,4H2,1H3,(H,10,11). The van der Waals surface area contributed by atoms with E-state index in [2.05, 4.69) is 0 Å². The van der Waals surface area contributed by atoms with Crippen LogP contribution in [-0.4, -0.2) is 11.1 Å². The predicted molar refractivity (Wildman–Crippen MR) is 38.7 cm³/mol. The number of carboxylic acid groups (broad SMARTS) is 1. The SMILES string of the molecule is CC1=C(F)CC(C(=O)O)C=C1. The summed E-state index contributed by atoms with van der Waals surface area (Å²) in [6.07, 6.45) is 3.02. The molecule has 11 heavy (non-hydrogen) atoms. The van der Waals surface area contributed by atoms with Crippen molar-refractivity contribution in [1.29, 1.82) is 0 Å². The van der Waals surface area contributed by atoms with Crippen LogP contribution in [0.2, 0.25) is 0 Å². The Hall–Kier alpha value is -1.12. The molecule has 0 aromatic rings. The highest BCUT2D eigenvalue weighted by molar-refractivity contribution is 5.73. The molecule has 1 N–H and O–H groups in total. The maximum Gasteiger partial charge on any atom is 0.310 e. The van der Waals surface area contributed by atoms with Crippen LogP contribution in [0.5, 0.6) is 0 Å². The second-order valence-corrected chi connectivity index (χ2v) is 2.60. The van der Waals surface area contributed by atoms with E-state index < -0.39 is 11.9 Å². The van der Waals surface area contributed by atoms with E-state index in [1.165, 1.54) is 12.2 Å². The van der Waals surface area contributed by atoms with Crippen molar-refractivity contribution in [3.63, 3.8) is 0 Å². The van der Waals surface area contributed by atoms with Crippen LogP contribution in [0.25, 0.3) is 0 Å². The fourth-order valence-corrected chi connectivity index (χ4v) is 0.943. The number of carboxylic acids is 1. The lowest BCUT2D eigenvalue weighted by Crippen LogP contribution is -2.13. The molecule has 1 rings (SSSR count). The summed E-state index contributed by atoms with van der Waals surface area (Å²) in [5, 5.41) is 8.50. The van der Waals surface area contributed by atoms with Gasteiger partial charge in [-0.05, 0) is 12.5 Å². The molecule has 0 heterocycles. The maximum absolute atomic E-state index is 12.8. The maximum atomic E-state index is 12.8. The lowest BCUT2D eigenvalue weighted by Gasteiger charge is -2.11. The van der Waals surface area contributed by atoms with E-state index >= 15 is 0 Å². The number of allylic oxidation sites excluding steroid dienone is 3. The van der Waals surface area contributed by atoms with Crippen LogP contribution in [0.1, 0.15) is 13.3 Å². The third-order valence-corrected chi connectivity index (χ3v) is 1.72. The number of hydrogen-bond donors (Lipinski definition) is 1. The molecule has 0 aromatic heterocycles. The van der Waals surface area contributed by atoms with Crippen molar-refractivity contribution in [2.24, 2.45) is 5.92 Å². The summed E-state index contributed by atoms with van der Waals surface area (Å²) in [6, 6.07) is 0. The second kappa shape index (κ2) is 2.86. The monoisotopic (exact) mass is 156 g/mol. The first kappa shape index (κ1) is 7.98. The Balaban J connectivity index is 2.74. The summed E-state index contributed by atoms with van der Waals surface area (Å²) in [5.41, 5.74) is 0.530. The van der Waals surface area contributed by atoms with Crippen LogP contribution in [0.15, 0.2) is 23.6 Å². The van der Waals surface area contributed by atoms with Crippen molar-refractivity contribution in [3.8, 4) is 0 Å². The molecular formula is C8H9FO2. The van der Waals surface area contributed by atoms with E-state index in [1.807, 2.05) is 0 Å². The van der Waals surface area contributed by atoms with Crippen molar-refractivity contribution < 1.29 is 14.3 Å². The predicted octanol–water partition coefficient (Wildman–Crippen LogP) is 1.89. The lowest BCUT2D eigenvalue weighted by atomic mass is 9.97. The molecule has 1 atom stereocenters. The normalized spacial score (nSPS) is 24.0. The molecule has 2 nitrogen and oxygen atoms in total. The third-order valence-electron chi connectivity index (χ3n) is 1.72. The highest BCUT2D eigenvalue weighted by atomic mass is 19.1. The van der Waals surface area contributed by atoms with E-state index in [9.17, 15) is 9.18 Å². The fraction of sp³-hybridized carbons (Fsp3) is 0.375. The molecule has 0 aromatic carbocycles. The topological polar surface area (TPSA) is 37.3 Å². The molecule has 0 aliphatic heterocycles. The van der Waals surface area contributed by atoms with Gasteiger partial charge in [0.25, 0.3) is 0 Å². The molecule has 0 amide bonds. The molecule has 3 heteroatoms. The van der Waals surface area contributed by atoms with Gasteiger partial charge in [0.05, 0.1) is 5.92 Å². The van der Waals surface area contributed by atoms with E-state index in [0.717, 1.165) is 0 Å². The first-order valence-electron chi connectivity index (χ1n) is 3.37. The zero-order chi connectivity index (χ0) is 8.43. The van der Waals surface area contributed by atoms with Crippen molar-refractivity contribution in [1.82, 2.24) is 0 Å². The van der Waals surface area contributed by atoms with Crippen molar-refractivity contribution >= 4 is 5.97 Å². The number of rotatable bonds is 1. The minimum atomic E-state index is -0.969. The summed E-state index contributed by atoms with van der Waals surface area (Å²) in [7, 11) is 0. The minimum Gasteiger partial charge on any atom is -0.481 e. The second-order valence-electron chi connectivity index (χ2n) is 2.60. The Morgan fingerprint density at radius 3 is 2.91 bits per heavy atom. The summed E-state index contributed by atoms with van der Waals surface area (Å²) in [5.74, 6) is -1.97. The van der Waals surface area contributed by atoms with Crippen LogP contribution in [0, 0.1) is 5.92 Å². The Labute approximate surface area is 64.0 Å². The summed E-state index contributed by atoms with van der Waals surface area (Å²) in [4.78, 5) is 10.4. The van der Waals surface area contributed by atoms with Gasteiger partial charge in [-0.3, -0.25) is 4.79 Å². The van der Waals surface area contributed by atoms with E-state index in [4.69, 9.17) is 5.11 Å². The zero-order valence-corrected chi connectivity index (χ0v) is 6.17. The molecular weight excluding hydrogens is 147 g/mol. The number of halogens is 1. The molecule has 0 saturated heterocycles. The summed E-state index contributed by atoms with van der Waals surface area (Å²) >= 11 is 0. The fourth-order valence-electron chi connectivity index (χ4n) is 0.943. The van der Waals surface area contributed by atoms with Gasteiger partial charge >= 0.3 is 5.97 Å². The number of aliphatic carboxylic acids is 1. The first-order valence-corrected chi connectivity index (χ1v) is 3.37. The molecule has 0 fully saturated rings. The van der Waals surface area contributed by atoms with Gasteiger partial charge in [0, 0.05) is 6.42 Å². The number of hydrogen-bond acceptors (Lipinski definition) is 1. The van der Waals surface area contributed by atoms with Gasteiger partial charge in [-0.1, -0.05) is 12.2 Å². The molecule has 1 aliphatic carbocycles. The molecule has 1 aliphatic rings. The van der Waals surface area contributed by atoms with Gasteiger partial charge in [-0.2, -0.15) is 0 Å². The van der Waals surface area contributed by atoms with E-state index in [1.54, 1.807) is 6.92 Å². The van der Waals surface area contributed by atoms with Crippen molar-refractivity contribution in [2.45, 2.75) is 13.3 Å². The minimum absolute atomic E-state index is 0.00231. The highest BCUT2D eigenvalue weighted by Gasteiger charge is 2.19. The smallest absolute Gasteiger partial charge is 0.310 e. The lowest BCUT2D eigenvalue weighted by molar-refractivity contribution is -0.140. The van der Waals surface area contributed by atoms with Gasteiger partial charge in [0.2, 0.25) is 0 Å². The van der Waals surface area contributed by atoms with E-state index in [-0.39, 0.29) is 12.2 Å². The third kappa shape index (κ3) is 1.67. The number of carbonyl (C=O) groups is 1. The Bertz CT molecular complexity index is 240. The van der Waals surface area contributed by atoms with Crippen LogP contribution in [-0.2, 0) is 4.79 Å². The first-order chi connectivity index (χ1) is 5.11. The van der Waals surface area contributed by atoms with Crippen LogP contribution >= 0.6 is 0 Å². The van der Waals surface area contributed by atoms with Gasteiger partial charge in [-0.15, -0.1) is 0 Å².